The van der Waals surface area contributed by atoms with Gasteiger partial charge in [-0.2, -0.15) is 0 Å². The van der Waals surface area contributed by atoms with Crippen LogP contribution in [0.5, 0.6) is 0 Å². The van der Waals surface area contributed by atoms with Crippen LogP contribution in [0, 0.1) is 6.92 Å². The van der Waals surface area contributed by atoms with E-state index >= 15 is 0 Å². The summed E-state index contributed by atoms with van der Waals surface area (Å²) >= 11 is 0. The highest BCUT2D eigenvalue weighted by atomic mass is 16.2. The lowest BCUT2D eigenvalue weighted by molar-refractivity contribution is 0.0747. The molecule has 19 heavy (non-hydrogen) atoms. The fraction of sp³-hybridized carbons (Fsp3) is 0.588. The Balaban J connectivity index is 1.99. The average molecular weight is 259 g/mol. The summed E-state index contributed by atoms with van der Waals surface area (Å²) in [5.41, 5.74) is 2.04. The van der Waals surface area contributed by atoms with Crippen LogP contribution in [-0.2, 0) is 0 Å². The van der Waals surface area contributed by atoms with E-state index in [1.165, 1.54) is 37.7 Å². The van der Waals surface area contributed by atoms with Gasteiger partial charge in [0.15, 0.2) is 0 Å². The SMILES string of the molecule is Cc1ccc(C(=O)N2CCCCCCCCC2)cc1. The number of carbonyl (C=O) groups is 1. The minimum absolute atomic E-state index is 0.209. The maximum Gasteiger partial charge on any atom is 0.253 e. The van der Waals surface area contributed by atoms with Gasteiger partial charge in [0.25, 0.3) is 5.91 Å². The van der Waals surface area contributed by atoms with Gasteiger partial charge < -0.3 is 4.90 Å². The number of rotatable bonds is 1. The molecule has 0 N–H and O–H groups in total. The van der Waals surface area contributed by atoms with Crippen LogP contribution in [0.4, 0.5) is 0 Å². The van der Waals surface area contributed by atoms with Crippen molar-refractivity contribution in [2.24, 2.45) is 0 Å². The molecule has 1 heterocycles. The van der Waals surface area contributed by atoms with E-state index in [2.05, 4.69) is 11.8 Å². The van der Waals surface area contributed by atoms with Crippen molar-refractivity contribution in [2.75, 3.05) is 13.1 Å². The molecule has 1 fully saturated rings. The van der Waals surface area contributed by atoms with Crippen molar-refractivity contribution in [1.82, 2.24) is 4.90 Å². The van der Waals surface area contributed by atoms with E-state index in [-0.39, 0.29) is 5.91 Å². The number of nitrogens with zero attached hydrogens (tertiary/aromatic N) is 1. The molecule has 1 aromatic carbocycles. The largest absolute Gasteiger partial charge is 0.339 e. The van der Waals surface area contributed by atoms with Gasteiger partial charge in [-0.3, -0.25) is 4.79 Å². The molecule has 1 amide bonds. The van der Waals surface area contributed by atoms with Gasteiger partial charge in [0.05, 0.1) is 0 Å². The number of aryl methyl sites for hydroxylation is 1. The lowest BCUT2D eigenvalue weighted by atomic mass is 10.1. The summed E-state index contributed by atoms with van der Waals surface area (Å²) in [6, 6.07) is 7.95. The van der Waals surface area contributed by atoms with E-state index in [9.17, 15) is 4.79 Å². The number of hydrogen-bond donors (Lipinski definition) is 0. The first-order valence-electron chi connectivity index (χ1n) is 7.63. The van der Waals surface area contributed by atoms with Gasteiger partial charge in [-0.05, 0) is 31.9 Å². The molecule has 1 aliphatic heterocycles. The molecular formula is C17H25NO. The molecule has 0 radical (unpaired) electrons. The molecule has 1 aliphatic rings. The van der Waals surface area contributed by atoms with E-state index in [0.717, 1.165) is 31.5 Å². The van der Waals surface area contributed by atoms with Crippen molar-refractivity contribution in [3.63, 3.8) is 0 Å². The monoisotopic (exact) mass is 259 g/mol. The Kier molecular flexibility index (Phi) is 5.44. The van der Waals surface area contributed by atoms with Crippen LogP contribution < -0.4 is 0 Å². The van der Waals surface area contributed by atoms with Gasteiger partial charge in [-0.25, -0.2) is 0 Å². The van der Waals surface area contributed by atoms with Crippen molar-refractivity contribution >= 4 is 5.91 Å². The van der Waals surface area contributed by atoms with Crippen LogP contribution in [0.3, 0.4) is 0 Å². The molecule has 0 spiro atoms. The summed E-state index contributed by atoms with van der Waals surface area (Å²) in [5, 5.41) is 0. The van der Waals surface area contributed by atoms with Gasteiger partial charge in [-0.15, -0.1) is 0 Å². The molecule has 1 saturated heterocycles. The average Bonchev–Trinajstić information content (AvgIpc) is 2.45. The van der Waals surface area contributed by atoms with E-state index in [4.69, 9.17) is 0 Å². The van der Waals surface area contributed by atoms with E-state index in [1.54, 1.807) is 0 Å². The van der Waals surface area contributed by atoms with Crippen molar-refractivity contribution in [2.45, 2.75) is 51.9 Å². The first-order valence-corrected chi connectivity index (χ1v) is 7.63. The molecule has 0 aromatic heterocycles. The van der Waals surface area contributed by atoms with Crippen LogP contribution >= 0.6 is 0 Å². The number of amides is 1. The summed E-state index contributed by atoms with van der Waals surface area (Å²) in [5.74, 6) is 0.209. The quantitative estimate of drug-likeness (QED) is 0.741. The molecule has 0 aliphatic carbocycles. The predicted molar refractivity (Wildman–Crippen MR) is 79.4 cm³/mol. The Bertz CT molecular complexity index is 386. The Morgan fingerprint density at radius 1 is 0.842 bits per heavy atom. The first kappa shape index (κ1) is 14.1. The molecule has 2 nitrogen and oxygen atoms in total. The third kappa shape index (κ3) is 4.38. The van der Waals surface area contributed by atoms with E-state index in [1.807, 2.05) is 24.3 Å². The first-order chi connectivity index (χ1) is 9.27. The summed E-state index contributed by atoms with van der Waals surface area (Å²) < 4.78 is 0. The molecule has 1 aromatic rings. The van der Waals surface area contributed by atoms with Gasteiger partial charge in [-0.1, -0.05) is 49.8 Å². The fourth-order valence-corrected chi connectivity index (χ4v) is 2.68. The zero-order valence-electron chi connectivity index (χ0n) is 12.0. The highest BCUT2D eigenvalue weighted by Gasteiger charge is 2.15. The molecule has 104 valence electrons. The summed E-state index contributed by atoms with van der Waals surface area (Å²) in [6.07, 6.45) is 8.84. The Hall–Kier alpha value is -1.31. The summed E-state index contributed by atoms with van der Waals surface area (Å²) in [7, 11) is 0. The standard InChI is InChI=1S/C17H25NO/c1-15-9-11-16(12-10-15)17(19)18-13-7-5-3-2-4-6-8-14-18/h9-12H,2-8,13-14H2,1H3. The zero-order valence-corrected chi connectivity index (χ0v) is 12.0. The maximum absolute atomic E-state index is 12.5. The smallest absolute Gasteiger partial charge is 0.253 e. The topological polar surface area (TPSA) is 20.3 Å². The van der Waals surface area contributed by atoms with E-state index in [0.29, 0.717) is 0 Å². The minimum Gasteiger partial charge on any atom is -0.339 e. The number of carbonyl (C=O) groups excluding carboxylic acids is 1. The van der Waals surface area contributed by atoms with Crippen molar-refractivity contribution in [3.05, 3.63) is 35.4 Å². The van der Waals surface area contributed by atoms with Gasteiger partial charge in [0.1, 0.15) is 0 Å². The Morgan fingerprint density at radius 3 is 1.84 bits per heavy atom. The second kappa shape index (κ2) is 7.32. The molecule has 0 unspecified atom stereocenters. The zero-order chi connectivity index (χ0) is 13.5. The Morgan fingerprint density at radius 2 is 1.32 bits per heavy atom. The fourth-order valence-electron chi connectivity index (χ4n) is 2.68. The van der Waals surface area contributed by atoms with Crippen molar-refractivity contribution < 1.29 is 4.79 Å². The third-order valence-electron chi connectivity index (χ3n) is 3.94. The number of hydrogen-bond acceptors (Lipinski definition) is 1. The molecular weight excluding hydrogens is 234 g/mol. The molecule has 0 atom stereocenters. The van der Waals surface area contributed by atoms with Crippen LogP contribution in [0.25, 0.3) is 0 Å². The van der Waals surface area contributed by atoms with Crippen LogP contribution in [0.1, 0.15) is 60.9 Å². The molecule has 2 rings (SSSR count). The van der Waals surface area contributed by atoms with Crippen molar-refractivity contribution in [1.29, 1.82) is 0 Å². The predicted octanol–water partition coefficient (Wildman–Crippen LogP) is 4.18. The summed E-state index contributed by atoms with van der Waals surface area (Å²) in [6.45, 7) is 3.90. The lowest BCUT2D eigenvalue weighted by Crippen LogP contribution is -2.33. The van der Waals surface area contributed by atoms with Gasteiger partial charge >= 0.3 is 0 Å². The van der Waals surface area contributed by atoms with Crippen LogP contribution in [-0.4, -0.2) is 23.9 Å². The number of benzene rings is 1. The Labute approximate surface area is 116 Å². The van der Waals surface area contributed by atoms with Crippen molar-refractivity contribution in [3.8, 4) is 0 Å². The van der Waals surface area contributed by atoms with Crippen LogP contribution in [0.2, 0.25) is 0 Å². The normalized spacial score (nSPS) is 18.1. The molecule has 2 heteroatoms. The molecule has 0 saturated carbocycles. The second-order valence-corrected chi connectivity index (χ2v) is 5.63. The highest BCUT2D eigenvalue weighted by Crippen LogP contribution is 2.14. The molecule has 0 bridgehead atoms. The van der Waals surface area contributed by atoms with E-state index < -0.39 is 0 Å². The van der Waals surface area contributed by atoms with Crippen LogP contribution in [0.15, 0.2) is 24.3 Å². The summed E-state index contributed by atoms with van der Waals surface area (Å²) in [4.78, 5) is 14.6. The van der Waals surface area contributed by atoms with Gasteiger partial charge in [0.2, 0.25) is 0 Å². The lowest BCUT2D eigenvalue weighted by Gasteiger charge is -2.24. The maximum atomic E-state index is 12.5. The van der Waals surface area contributed by atoms with Gasteiger partial charge in [0, 0.05) is 18.7 Å². The minimum atomic E-state index is 0.209. The third-order valence-corrected chi connectivity index (χ3v) is 3.94. The second-order valence-electron chi connectivity index (χ2n) is 5.63. The highest BCUT2D eigenvalue weighted by molar-refractivity contribution is 5.94.